The summed E-state index contributed by atoms with van der Waals surface area (Å²) < 4.78 is 17.9. The average Bonchev–Trinajstić information content (AvgIpc) is 2.18. The molecule has 1 aromatic heterocycles. The molecule has 0 aliphatic heterocycles. The number of aliphatic hydroxyl groups excluding tert-OH is 1. The first-order valence-electron chi connectivity index (χ1n) is 4.94. The van der Waals surface area contributed by atoms with Gasteiger partial charge in [0.15, 0.2) is 5.82 Å². The Morgan fingerprint density at radius 1 is 1.59 bits per heavy atom. The minimum atomic E-state index is -0.743. The van der Waals surface area contributed by atoms with Crippen LogP contribution in [-0.4, -0.2) is 26.8 Å². The highest BCUT2D eigenvalue weighted by Crippen LogP contribution is 2.10. The fourth-order valence-electron chi connectivity index (χ4n) is 0.968. The molecule has 17 heavy (non-hydrogen) atoms. The fourth-order valence-corrected chi connectivity index (χ4v) is 0.968. The second-order valence-electron chi connectivity index (χ2n) is 4.27. The second kappa shape index (κ2) is 5.05. The van der Waals surface area contributed by atoms with Crippen LogP contribution in [0.15, 0.2) is 6.20 Å². The maximum atomic E-state index is 12.9. The topological polar surface area (TPSA) is 84.3 Å². The zero-order valence-corrected chi connectivity index (χ0v) is 9.82. The summed E-state index contributed by atoms with van der Waals surface area (Å²) in [4.78, 5) is 18.5. The van der Waals surface area contributed by atoms with E-state index in [1.165, 1.54) is 0 Å². The predicted octanol–water partition coefficient (Wildman–Crippen LogP) is 1.45. The molecule has 0 saturated heterocycles. The molecule has 0 bridgehead atoms. The molecule has 0 unspecified atom stereocenters. The van der Waals surface area contributed by atoms with E-state index in [1.807, 2.05) is 0 Å². The number of carbonyl (C=O) groups is 1. The molecule has 0 aliphatic carbocycles. The highest BCUT2D eigenvalue weighted by Gasteiger charge is 2.17. The molecule has 0 aromatic carbocycles. The number of nitrogens with one attached hydrogen (secondary N) is 1. The highest BCUT2D eigenvalue weighted by molar-refractivity contribution is 5.82. The number of rotatable bonds is 2. The van der Waals surface area contributed by atoms with Gasteiger partial charge in [0.25, 0.3) is 0 Å². The number of aliphatic hydroxyl groups is 1. The van der Waals surface area contributed by atoms with Crippen molar-refractivity contribution in [2.24, 2.45) is 0 Å². The predicted molar refractivity (Wildman–Crippen MR) is 57.8 cm³/mol. The third kappa shape index (κ3) is 4.31. The number of halogens is 1. The molecule has 7 heteroatoms. The van der Waals surface area contributed by atoms with Gasteiger partial charge in [0.2, 0.25) is 5.95 Å². The molecule has 0 fully saturated rings. The first-order chi connectivity index (χ1) is 7.81. The van der Waals surface area contributed by atoms with Crippen molar-refractivity contribution in [2.45, 2.75) is 33.0 Å². The lowest BCUT2D eigenvalue weighted by molar-refractivity contribution is 0.0634. The summed E-state index contributed by atoms with van der Waals surface area (Å²) in [6.07, 6.45) is 0.124. The van der Waals surface area contributed by atoms with Crippen LogP contribution >= 0.6 is 0 Å². The van der Waals surface area contributed by atoms with Gasteiger partial charge >= 0.3 is 6.09 Å². The fraction of sp³-hybridized carbons (Fsp3) is 0.500. The molecule has 6 nitrogen and oxygen atoms in total. The van der Waals surface area contributed by atoms with Crippen LogP contribution in [0.25, 0.3) is 0 Å². The summed E-state index contributed by atoms with van der Waals surface area (Å²) in [5, 5.41) is 11.0. The van der Waals surface area contributed by atoms with Crippen molar-refractivity contribution in [1.29, 1.82) is 0 Å². The Kier molecular flexibility index (Phi) is 3.95. The molecule has 94 valence electrons. The van der Waals surface area contributed by atoms with Gasteiger partial charge in [-0.3, -0.25) is 5.32 Å². The first-order valence-corrected chi connectivity index (χ1v) is 4.94. The van der Waals surface area contributed by atoms with E-state index in [-0.39, 0.29) is 11.6 Å². The van der Waals surface area contributed by atoms with Crippen molar-refractivity contribution in [3.63, 3.8) is 0 Å². The van der Waals surface area contributed by atoms with Gasteiger partial charge in [0.1, 0.15) is 11.3 Å². The van der Waals surface area contributed by atoms with Gasteiger partial charge in [-0.25, -0.2) is 19.2 Å². The first kappa shape index (κ1) is 13.3. The number of anilines is 1. The third-order valence-electron chi connectivity index (χ3n) is 1.58. The molecular formula is C10H14FN3O3. The van der Waals surface area contributed by atoms with Gasteiger partial charge in [0, 0.05) is 0 Å². The molecule has 1 amide bonds. The number of aromatic nitrogens is 2. The van der Waals surface area contributed by atoms with Gasteiger partial charge in [-0.2, -0.15) is 0 Å². The maximum Gasteiger partial charge on any atom is 0.414 e. The Hall–Kier alpha value is -1.76. The lowest BCUT2D eigenvalue weighted by Gasteiger charge is -2.19. The van der Waals surface area contributed by atoms with E-state index in [0.29, 0.717) is 0 Å². The van der Waals surface area contributed by atoms with Crippen molar-refractivity contribution in [2.75, 3.05) is 5.32 Å². The molecule has 2 N–H and O–H groups in total. The third-order valence-corrected chi connectivity index (χ3v) is 1.58. The minimum absolute atomic E-state index is 0.121. The van der Waals surface area contributed by atoms with Gasteiger partial charge in [-0.05, 0) is 20.8 Å². The molecule has 0 saturated carbocycles. The Bertz CT molecular complexity index is 418. The molecule has 0 radical (unpaired) electrons. The number of nitrogens with zero attached hydrogens (tertiary/aromatic N) is 2. The van der Waals surface area contributed by atoms with E-state index in [0.717, 1.165) is 6.20 Å². The van der Waals surface area contributed by atoms with Crippen LogP contribution in [0.4, 0.5) is 15.1 Å². The Balaban J connectivity index is 2.72. The molecular weight excluding hydrogens is 229 g/mol. The molecule has 0 aliphatic rings. The van der Waals surface area contributed by atoms with Gasteiger partial charge in [-0.1, -0.05) is 0 Å². The lowest BCUT2D eigenvalue weighted by Crippen LogP contribution is -2.28. The van der Waals surface area contributed by atoms with Crippen molar-refractivity contribution >= 4 is 12.0 Å². The summed E-state index contributed by atoms with van der Waals surface area (Å²) in [7, 11) is 0. The summed E-state index contributed by atoms with van der Waals surface area (Å²) in [6.45, 7) is 4.54. The largest absolute Gasteiger partial charge is 0.444 e. The normalized spacial score (nSPS) is 11.1. The zero-order valence-electron chi connectivity index (χ0n) is 9.82. The van der Waals surface area contributed by atoms with Crippen LogP contribution in [0.2, 0.25) is 0 Å². The maximum absolute atomic E-state index is 12.9. The number of carbonyl (C=O) groups excluding carboxylic acids is 1. The van der Waals surface area contributed by atoms with Crippen LogP contribution in [-0.2, 0) is 11.3 Å². The molecule has 1 aromatic rings. The minimum Gasteiger partial charge on any atom is -0.444 e. The smallest absolute Gasteiger partial charge is 0.414 e. The number of ether oxygens (including phenoxy) is 1. The van der Waals surface area contributed by atoms with Crippen LogP contribution in [0.5, 0.6) is 0 Å². The summed E-state index contributed by atoms with van der Waals surface area (Å²) in [5.41, 5.74) is -0.838. The SMILES string of the molecule is CC(C)(C)OC(=O)Nc1ncc(F)c(CO)n1. The Morgan fingerprint density at radius 2 is 2.24 bits per heavy atom. The number of hydrogen-bond donors (Lipinski definition) is 2. The van der Waals surface area contributed by atoms with Crippen LogP contribution < -0.4 is 5.32 Å². The zero-order chi connectivity index (χ0) is 13.1. The molecule has 0 spiro atoms. The summed E-state index contributed by atoms with van der Waals surface area (Å²) in [5.74, 6) is -0.855. The van der Waals surface area contributed by atoms with E-state index in [1.54, 1.807) is 20.8 Å². The van der Waals surface area contributed by atoms with Crippen LogP contribution in [0.3, 0.4) is 0 Å². The van der Waals surface area contributed by atoms with E-state index in [9.17, 15) is 9.18 Å². The van der Waals surface area contributed by atoms with Crippen molar-refractivity contribution in [1.82, 2.24) is 9.97 Å². The quantitative estimate of drug-likeness (QED) is 0.821. The summed E-state index contributed by atoms with van der Waals surface area (Å²) in [6, 6.07) is 0. The highest BCUT2D eigenvalue weighted by atomic mass is 19.1. The lowest BCUT2D eigenvalue weighted by atomic mass is 10.2. The van der Waals surface area contributed by atoms with Gasteiger partial charge in [0.05, 0.1) is 12.8 Å². The molecule has 1 rings (SSSR count). The van der Waals surface area contributed by atoms with Crippen LogP contribution in [0, 0.1) is 5.82 Å². The van der Waals surface area contributed by atoms with E-state index in [4.69, 9.17) is 9.84 Å². The Morgan fingerprint density at radius 3 is 2.76 bits per heavy atom. The Labute approximate surface area is 97.8 Å². The van der Waals surface area contributed by atoms with E-state index >= 15 is 0 Å². The number of amides is 1. The number of hydrogen-bond acceptors (Lipinski definition) is 5. The van der Waals surface area contributed by atoms with Gasteiger partial charge < -0.3 is 9.84 Å². The molecule has 1 heterocycles. The van der Waals surface area contributed by atoms with Crippen molar-refractivity contribution in [3.05, 3.63) is 17.7 Å². The van der Waals surface area contributed by atoms with Crippen molar-refractivity contribution in [3.8, 4) is 0 Å². The standard InChI is InChI=1S/C10H14FN3O3/c1-10(2,3)17-9(16)14-8-12-4-6(11)7(5-15)13-8/h4,15H,5H2,1-3H3,(H,12,13,14,16). The molecule has 0 atom stereocenters. The summed E-state index contributed by atoms with van der Waals surface area (Å²) >= 11 is 0. The van der Waals surface area contributed by atoms with E-state index in [2.05, 4.69) is 15.3 Å². The van der Waals surface area contributed by atoms with Crippen LogP contribution in [0.1, 0.15) is 26.5 Å². The average molecular weight is 243 g/mol. The second-order valence-corrected chi connectivity index (χ2v) is 4.27. The van der Waals surface area contributed by atoms with Gasteiger partial charge in [-0.15, -0.1) is 0 Å². The van der Waals surface area contributed by atoms with Crippen molar-refractivity contribution < 1.29 is 19.0 Å². The monoisotopic (exact) mass is 243 g/mol. The van der Waals surface area contributed by atoms with E-state index < -0.39 is 24.1 Å².